The molecule has 0 N–H and O–H groups in total. The fourth-order valence-electron chi connectivity index (χ4n) is 3.90. The van der Waals surface area contributed by atoms with Crippen LogP contribution in [0.25, 0.3) is 11.5 Å². The average molecular weight is 485 g/mol. The van der Waals surface area contributed by atoms with Gasteiger partial charge in [0.2, 0.25) is 5.89 Å². The van der Waals surface area contributed by atoms with Crippen LogP contribution in [0.3, 0.4) is 0 Å². The zero-order valence-corrected chi connectivity index (χ0v) is 20.2. The Morgan fingerprint density at radius 3 is 2.46 bits per heavy atom. The molecule has 0 saturated heterocycles. The number of rotatable bonds is 7. The minimum atomic E-state index is -0.199. The van der Waals surface area contributed by atoms with Gasteiger partial charge in [-0.15, -0.1) is 10.2 Å². The van der Waals surface area contributed by atoms with E-state index in [9.17, 15) is 4.79 Å². The van der Waals surface area contributed by atoms with E-state index >= 15 is 0 Å². The molecule has 4 aromatic rings. The molecule has 1 unspecified atom stereocenters. The molecule has 1 aliphatic rings. The van der Waals surface area contributed by atoms with Gasteiger partial charge in [-0.2, -0.15) is 5.10 Å². The first-order valence-corrected chi connectivity index (χ1v) is 12.2. The summed E-state index contributed by atoms with van der Waals surface area (Å²) >= 11 is 1.21. The highest BCUT2D eigenvalue weighted by Gasteiger charge is 2.33. The zero-order chi connectivity index (χ0) is 24.2. The Balaban J connectivity index is 1.33. The molecule has 2 heterocycles. The largest absolute Gasteiger partial charge is 0.497 e. The summed E-state index contributed by atoms with van der Waals surface area (Å²) in [6.45, 7) is 2.02. The average Bonchev–Trinajstić information content (AvgIpc) is 3.56. The first kappa shape index (κ1) is 22.9. The first-order valence-electron chi connectivity index (χ1n) is 11.2. The normalized spacial score (nSPS) is 15.2. The van der Waals surface area contributed by atoms with Crippen LogP contribution in [0.1, 0.15) is 29.2 Å². The molecule has 1 aromatic heterocycles. The molecule has 1 amide bonds. The van der Waals surface area contributed by atoms with Crippen molar-refractivity contribution >= 4 is 23.4 Å². The van der Waals surface area contributed by atoms with Gasteiger partial charge in [0.1, 0.15) is 5.75 Å². The maximum Gasteiger partial charge on any atom is 0.277 e. The fourth-order valence-corrected chi connectivity index (χ4v) is 4.52. The van der Waals surface area contributed by atoms with E-state index in [4.69, 9.17) is 14.3 Å². The summed E-state index contributed by atoms with van der Waals surface area (Å²) in [4.78, 5) is 13.3. The Bertz CT molecular complexity index is 1340. The van der Waals surface area contributed by atoms with Crippen molar-refractivity contribution < 1.29 is 13.9 Å². The van der Waals surface area contributed by atoms with Crippen LogP contribution in [-0.2, 0) is 4.79 Å². The lowest BCUT2D eigenvalue weighted by Gasteiger charge is -2.22. The Kier molecular flexibility index (Phi) is 6.63. The summed E-state index contributed by atoms with van der Waals surface area (Å²) < 4.78 is 11.1. The third kappa shape index (κ3) is 5.12. The van der Waals surface area contributed by atoms with Crippen LogP contribution in [0.4, 0.5) is 0 Å². The number of methoxy groups -OCH3 is 1. The van der Waals surface area contributed by atoms with Gasteiger partial charge in [-0.05, 0) is 42.3 Å². The number of benzene rings is 3. The predicted octanol–water partition coefficient (Wildman–Crippen LogP) is 5.52. The molecular weight excluding hydrogens is 460 g/mol. The molecule has 1 aliphatic heterocycles. The molecule has 5 rings (SSSR count). The smallest absolute Gasteiger partial charge is 0.277 e. The van der Waals surface area contributed by atoms with Crippen LogP contribution >= 0.6 is 11.8 Å². The van der Waals surface area contributed by atoms with Gasteiger partial charge in [-0.3, -0.25) is 4.79 Å². The molecule has 0 aliphatic carbocycles. The van der Waals surface area contributed by atoms with Crippen LogP contribution in [0.5, 0.6) is 5.75 Å². The van der Waals surface area contributed by atoms with Crippen molar-refractivity contribution in [1.29, 1.82) is 0 Å². The number of hydrogen-bond donors (Lipinski definition) is 0. The molecule has 0 saturated carbocycles. The van der Waals surface area contributed by atoms with Gasteiger partial charge >= 0.3 is 0 Å². The SMILES string of the molecule is COc1ccc(C2CC(c3ccccc3)=NN2C(=O)CSc2nnc(-c3ccc(C)cc3)o2)cc1. The minimum Gasteiger partial charge on any atom is -0.497 e. The fraction of sp³-hybridized carbons (Fsp3) is 0.185. The number of nitrogens with zero attached hydrogens (tertiary/aromatic N) is 4. The number of thioether (sulfide) groups is 1. The lowest BCUT2D eigenvalue weighted by Crippen LogP contribution is -2.28. The molecule has 0 bridgehead atoms. The van der Waals surface area contributed by atoms with E-state index in [1.54, 1.807) is 12.1 Å². The van der Waals surface area contributed by atoms with Crippen LogP contribution in [0.15, 0.2) is 93.6 Å². The maximum absolute atomic E-state index is 13.3. The Morgan fingerprint density at radius 2 is 1.74 bits per heavy atom. The second-order valence-corrected chi connectivity index (χ2v) is 9.10. The van der Waals surface area contributed by atoms with Gasteiger partial charge in [0.05, 0.1) is 24.6 Å². The molecule has 8 heteroatoms. The van der Waals surface area contributed by atoms with E-state index in [-0.39, 0.29) is 17.7 Å². The van der Waals surface area contributed by atoms with E-state index in [1.165, 1.54) is 11.8 Å². The summed E-state index contributed by atoms with van der Waals surface area (Å²) in [5.41, 5.74) is 4.88. The molecule has 1 atom stereocenters. The van der Waals surface area contributed by atoms with E-state index < -0.39 is 0 Å². The van der Waals surface area contributed by atoms with Crippen LogP contribution < -0.4 is 4.74 Å². The number of carbonyl (C=O) groups excluding carboxylic acids is 1. The topological polar surface area (TPSA) is 80.8 Å². The van der Waals surface area contributed by atoms with Crippen LogP contribution in [-0.4, -0.2) is 39.7 Å². The van der Waals surface area contributed by atoms with Crippen molar-refractivity contribution in [3.8, 4) is 17.2 Å². The molecular formula is C27H24N4O3S. The van der Waals surface area contributed by atoms with Crippen LogP contribution in [0.2, 0.25) is 0 Å². The van der Waals surface area contributed by atoms with Gasteiger partial charge < -0.3 is 9.15 Å². The van der Waals surface area contributed by atoms with Crippen molar-refractivity contribution in [3.05, 3.63) is 95.6 Å². The molecule has 0 spiro atoms. The third-order valence-electron chi connectivity index (χ3n) is 5.80. The number of aromatic nitrogens is 2. The zero-order valence-electron chi connectivity index (χ0n) is 19.4. The number of ether oxygens (including phenoxy) is 1. The highest BCUT2D eigenvalue weighted by atomic mass is 32.2. The van der Waals surface area contributed by atoms with E-state index in [0.717, 1.165) is 33.7 Å². The van der Waals surface area contributed by atoms with Gasteiger partial charge in [0, 0.05) is 12.0 Å². The monoisotopic (exact) mass is 484 g/mol. The van der Waals surface area contributed by atoms with E-state index in [2.05, 4.69) is 10.2 Å². The molecule has 35 heavy (non-hydrogen) atoms. The highest BCUT2D eigenvalue weighted by Crippen LogP contribution is 2.34. The van der Waals surface area contributed by atoms with Crippen molar-refractivity contribution in [1.82, 2.24) is 15.2 Å². The standard InChI is InChI=1S/C27H24N4O3S/c1-18-8-10-21(11-9-18)26-28-29-27(34-26)35-17-25(32)31-24(20-12-14-22(33-2)15-13-20)16-23(30-31)19-6-4-3-5-7-19/h3-15,24H,16-17H2,1-2H3. The quantitative estimate of drug-likeness (QED) is 0.321. The Hall–Kier alpha value is -3.91. The first-order chi connectivity index (χ1) is 17.1. The molecule has 3 aromatic carbocycles. The lowest BCUT2D eigenvalue weighted by atomic mass is 9.98. The molecule has 0 fully saturated rings. The molecule has 0 radical (unpaired) electrons. The van der Waals surface area contributed by atoms with Gasteiger partial charge in [0.15, 0.2) is 0 Å². The Morgan fingerprint density at radius 1 is 1.00 bits per heavy atom. The van der Waals surface area contributed by atoms with Crippen molar-refractivity contribution in [3.63, 3.8) is 0 Å². The van der Waals surface area contributed by atoms with Crippen molar-refractivity contribution in [2.75, 3.05) is 12.9 Å². The van der Waals surface area contributed by atoms with Crippen molar-refractivity contribution in [2.45, 2.75) is 24.6 Å². The summed E-state index contributed by atoms with van der Waals surface area (Å²) in [6.07, 6.45) is 0.630. The number of hydrazone groups is 1. The van der Waals surface area contributed by atoms with E-state index in [0.29, 0.717) is 17.5 Å². The number of hydrogen-bond acceptors (Lipinski definition) is 7. The van der Waals surface area contributed by atoms with Crippen molar-refractivity contribution in [2.24, 2.45) is 5.10 Å². The summed E-state index contributed by atoms with van der Waals surface area (Å²) in [5.74, 6) is 1.21. The predicted molar refractivity (Wildman–Crippen MR) is 135 cm³/mol. The van der Waals surface area contributed by atoms with E-state index in [1.807, 2.05) is 85.8 Å². The third-order valence-corrected chi connectivity index (χ3v) is 6.60. The summed E-state index contributed by atoms with van der Waals surface area (Å²) in [7, 11) is 1.63. The second kappa shape index (κ2) is 10.1. The molecule has 176 valence electrons. The van der Waals surface area contributed by atoms with Gasteiger partial charge in [-0.25, -0.2) is 5.01 Å². The minimum absolute atomic E-state index is 0.128. The van der Waals surface area contributed by atoms with Gasteiger partial charge in [-0.1, -0.05) is 71.9 Å². The van der Waals surface area contributed by atoms with Gasteiger partial charge in [0.25, 0.3) is 11.1 Å². The highest BCUT2D eigenvalue weighted by molar-refractivity contribution is 7.99. The second-order valence-electron chi connectivity index (χ2n) is 8.17. The van der Waals surface area contributed by atoms with Crippen LogP contribution in [0, 0.1) is 6.92 Å². The summed E-state index contributed by atoms with van der Waals surface area (Å²) in [5, 5.41) is 14.9. The number of aryl methyl sites for hydroxylation is 1. The number of amides is 1. The maximum atomic E-state index is 13.3. The lowest BCUT2D eigenvalue weighted by molar-refractivity contribution is -0.130. The molecule has 7 nitrogen and oxygen atoms in total. The Labute approximate surface area is 207 Å². The summed E-state index contributed by atoms with van der Waals surface area (Å²) in [6, 6.07) is 25.4. The number of carbonyl (C=O) groups is 1.